The van der Waals surface area contributed by atoms with Crippen molar-refractivity contribution in [2.45, 2.75) is 32.1 Å². The van der Waals surface area contributed by atoms with Gasteiger partial charge in [-0.15, -0.1) is 0 Å². The highest BCUT2D eigenvalue weighted by atomic mass is 35.5. The van der Waals surface area contributed by atoms with E-state index in [9.17, 15) is 9.59 Å². The van der Waals surface area contributed by atoms with Crippen LogP contribution in [0.4, 0.5) is 5.69 Å². The molecule has 1 aromatic carbocycles. The largest absolute Gasteiger partial charge is 0.478 e. The molecule has 21 heavy (non-hydrogen) atoms. The number of carbonyl (C=O) groups excluding carboxylic acids is 1. The molecule has 1 aromatic rings. The lowest BCUT2D eigenvalue weighted by Crippen LogP contribution is -2.24. The highest BCUT2D eigenvalue weighted by Gasteiger charge is 2.21. The molecular weight excluding hydrogens is 290 g/mol. The quantitative estimate of drug-likeness (QED) is 0.827. The second-order valence-corrected chi connectivity index (χ2v) is 5.64. The summed E-state index contributed by atoms with van der Waals surface area (Å²) in [6.07, 6.45) is 7.73. The maximum Gasteiger partial charge on any atom is 0.328 e. The van der Waals surface area contributed by atoms with Gasteiger partial charge in [-0.05, 0) is 36.6 Å². The molecule has 1 saturated carbocycles. The number of halogens is 1. The number of nitrogens with one attached hydrogen (secondary N) is 1. The average molecular weight is 308 g/mol. The zero-order chi connectivity index (χ0) is 15.2. The number of amides is 1. The van der Waals surface area contributed by atoms with E-state index in [0.717, 1.165) is 31.8 Å². The van der Waals surface area contributed by atoms with Gasteiger partial charge in [-0.2, -0.15) is 0 Å². The van der Waals surface area contributed by atoms with Crippen molar-refractivity contribution in [3.8, 4) is 0 Å². The van der Waals surface area contributed by atoms with Crippen LogP contribution in [0.1, 0.15) is 37.7 Å². The molecule has 0 atom stereocenters. The third-order valence-corrected chi connectivity index (χ3v) is 3.97. The fraction of sp³-hybridized carbons (Fsp3) is 0.375. The molecule has 0 spiro atoms. The van der Waals surface area contributed by atoms with E-state index in [2.05, 4.69) is 5.32 Å². The first kappa shape index (κ1) is 15.6. The average Bonchev–Trinajstić information content (AvgIpc) is 2.48. The molecule has 0 aromatic heterocycles. The van der Waals surface area contributed by atoms with Gasteiger partial charge in [0.15, 0.2) is 0 Å². The van der Waals surface area contributed by atoms with Crippen LogP contribution in [0, 0.1) is 5.92 Å². The Bertz CT molecular complexity index is 563. The van der Waals surface area contributed by atoms with E-state index < -0.39 is 5.97 Å². The molecule has 1 aliphatic rings. The van der Waals surface area contributed by atoms with Crippen LogP contribution in [0.2, 0.25) is 5.02 Å². The first-order valence-corrected chi connectivity index (χ1v) is 7.45. The summed E-state index contributed by atoms with van der Waals surface area (Å²) in [5, 5.41) is 11.9. The summed E-state index contributed by atoms with van der Waals surface area (Å²) in [5.74, 6) is -0.971. The van der Waals surface area contributed by atoms with E-state index in [4.69, 9.17) is 16.7 Å². The lowest BCUT2D eigenvalue weighted by molar-refractivity contribution is -0.131. The molecule has 5 heteroatoms. The summed E-state index contributed by atoms with van der Waals surface area (Å²) in [4.78, 5) is 22.7. The number of carbonyl (C=O) groups is 2. The normalized spacial score (nSPS) is 16.0. The highest BCUT2D eigenvalue weighted by Crippen LogP contribution is 2.28. The van der Waals surface area contributed by atoms with Crippen LogP contribution >= 0.6 is 11.6 Å². The van der Waals surface area contributed by atoms with E-state index in [0.29, 0.717) is 16.3 Å². The molecule has 2 N–H and O–H groups in total. The molecule has 112 valence electrons. The Balaban J connectivity index is 2.09. The minimum atomic E-state index is -1.02. The van der Waals surface area contributed by atoms with Gasteiger partial charge < -0.3 is 10.4 Å². The van der Waals surface area contributed by atoms with Gasteiger partial charge in [-0.25, -0.2) is 4.79 Å². The molecule has 0 heterocycles. The molecule has 0 saturated heterocycles. The van der Waals surface area contributed by atoms with E-state index >= 15 is 0 Å². The number of benzene rings is 1. The summed E-state index contributed by atoms with van der Waals surface area (Å²) in [5.41, 5.74) is 1.21. The van der Waals surface area contributed by atoms with E-state index in [1.54, 1.807) is 18.2 Å². The summed E-state index contributed by atoms with van der Waals surface area (Å²) >= 11 is 6.09. The Morgan fingerprint density at radius 1 is 1.24 bits per heavy atom. The summed E-state index contributed by atoms with van der Waals surface area (Å²) in [6.45, 7) is 0. The van der Waals surface area contributed by atoms with Gasteiger partial charge in [0.2, 0.25) is 5.91 Å². The number of hydrogen-bond acceptors (Lipinski definition) is 2. The van der Waals surface area contributed by atoms with Crippen molar-refractivity contribution in [2.75, 3.05) is 5.32 Å². The maximum atomic E-state index is 12.2. The van der Waals surface area contributed by atoms with Crippen LogP contribution in [0.15, 0.2) is 24.3 Å². The van der Waals surface area contributed by atoms with Crippen LogP contribution in [-0.4, -0.2) is 17.0 Å². The van der Waals surface area contributed by atoms with Crippen LogP contribution < -0.4 is 5.32 Å². The van der Waals surface area contributed by atoms with Gasteiger partial charge >= 0.3 is 5.97 Å². The molecule has 1 amide bonds. The van der Waals surface area contributed by atoms with Gasteiger partial charge in [-0.3, -0.25) is 4.79 Å². The molecule has 0 radical (unpaired) electrons. The van der Waals surface area contributed by atoms with Gasteiger partial charge in [0.1, 0.15) is 0 Å². The van der Waals surface area contributed by atoms with E-state index in [1.165, 1.54) is 12.5 Å². The standard InChI is InChI=1S/C16H18ClNO3/c17-13-8-6-11(7-9-15(19)20)10-14(13)18-16(21)12-4-2-1-3-5-12/h6-10,12H,1-5H2,(H,18,21)(H,19,20)/b9-7+. The van der Waals surface area contributed by atoms with Crippen molar-refractivity contribution in [3.63, 3.8) is 0 Å². The maximum absolute atomic E-state index is 12.2. The monoisotopic (exact) mass is 307 g/mol. The van der Waals surface area contributed by atoms with Crippen LogP contribution in [-0.2, 0) is 9.59 Å². The van der Waals surface area contributed by atoms with Gasteiger partial charge in [0.05, 0.1) is 10.7 Å². The predicted octanol–water partition coefficient (Wildman–Crippen LogP) is 3.96. The first-order valence-electron chi connectivity index (χ1n) is 7.07. The van der Waals surface area contributed by atoms with Gasteiger partial charge in [0.25, 0.3) is 0 Å². The summed E-state index contributed by atoms with van der Waals surface area (Å²) in [7, 11) is 0. The number of rotatable bonds is 4. The molecule has 4 nitrogen and oxygen atoms in total. The number of anilines is 1. The van der Waals surface area contributed by atoms with Crippen molar-refractivity contribution < 1.29 is 14.7 Å². The van der Waals surface area contributed by atoms with Crippen LogP contribution in [0.3, 0.4) is 0 Å². The first-order chi connectivity index (χ1) is 10.1. The molecule has 2 rings (SSSR count). The number of aliphatic carboxylic acids is 1. The number of carboxylic acids is 1. The van der Waals surface area contributed by atoms with Crippen molar-refractivity contribution in [1.82, 2.24) is 0 Å². The number of carboxylic acid groups (broad SMARTS) is 1. The molecule has 0 unspecified atom stereocenters. The molecule has 1 aliphatic carbocycles. The smallest absolute Gasteiger partial charge is 0.328 e. The number of hydrogen-bond donors (Lipinski definition) is 2. The fourth-order valence-corrected chi connectivity index (χ4v) is 2.67. The van der Waals surface area contributed by atoms with Crippen molar-refractivity contribution in [3.05, 3.63) is 34.9 Å². The van der Waals surface area contributed by atoms with E-state index in [-0.39, 0.29) is 11.8 Å². The van der Waals surface area contributed by atoms with Crippen LogP contribution in [0.5, 0.6) is 0 Å². The van der Waals surface area contributed by atoms with Crippen molar-refractivity contribution >= 4 is 35.2 Å². The molecule has 1 fully saturated rings. The lowest BCUT2D eigenvalue weighted by atomic mass is 9.88. The summed E-state index contributed by atoms with van der Waals surface area (Å²) < 4.78 is 0. The SMILES string of the molecule is O=C(O)/C=C/c1ccc(Cl)c(NC(=O)C2CCCCC2)c1. The van der Waals surface area contributed by atoms with Gasteiger partial charge in [0, 0.05) is 12.0 Å². The predicted molar refractivity (Wildman–Crippen MR) is 83.3 cm³/mol. The Morgan fingerprint density at radius 3 is 2.62 bits per heavy atom. The van der Waals surface area contributed by atoms with E-state index in [1.807, 2.05) is 0 Å². The summed E-state index contributed by atoms with van der Waals surface area (Å²) in [6, 6.07) is 5.04. The van der Waals surface area contributed by atoms with Gasteiger partial charge in [-0.1, -0.05) is 36.9 Å². The van der Waals surface area contributed by atoms with Crippen LogP contribution in [0.25, 0.3) is 6.08 Å². The highest BCUT2D eigenvalue weighted by molar-refractivity contribution is 6.33. The minimum absolute atomic E-state index is 0.00374. The third-order valence-electron chi connectivity index (χ3n) is 3.64. The topological polar surface area (TPSA) is 66.4 Å². The third kappa shape index (κ3) is 4.60. The zero-order valence-electron chi connectivity index (χ0n) is 11.6. The van der Waals surface area contributed by atoms with Crippen molar-refractivity contribution in [2.24, 2.45) is 5.92 Å². The zero-order valence-corrected chi connectivity index (χ0v) is 12.4. The fourth-order valence-electron chi connectivity index (χ4n) is 2.51. The molecule has 0 aliphatic heterocycles. The van der Waals surface area contributed by atoms with Crippen molar-refractivity contribution in [1.29, 1.82) is 0 Å². The lowest BCUT2D eigenvalue weighted by Gasteiger charge is -2.21. The Hall–Kier alpha value is -1.81. The minimum Gasteiger partial charge on any atom is -0.478 e. The molecular formula is C16H18ClNO3. The second kappa shape index (κ2) is 7.27. The Morgan fingerprint density at radius 2 is 1.95 bits per heavy atom. The Kier molecular flexibility index (Phi) is 5.39. The Labute approximate surface area is 128 Å². The molecule has 0 bridgehead atoms. The second-order valence-electron chi connectivity index (χ2n) is 5.24.